The van der Waals surface area contributed by atoms with Gasteiger partial charge >= 0.3 is 0 Å². The average molecular weight is 436 g/mol. The van der Waals surface area contributed by atoms with Gasteiger partial charge in [-0.25, -0.2) is 0 Å². The molecule has 0 aliphatic heterocycles. The Morgan fingerprint density at radius 2 is 0.762 bits per heavy atom. The first-order valence-electron chi connectivity index (χ1n) is 7.19. The summed E-state index contributed by atoms with van der Waals surface area (Å²) in [5.41, 5.74) is 0. The largest absolute Gasteiger partial charge is 0.433 e. The predicted molar refractivity (Wildman–Crippen MR) is 98.7 cm³/mol. The molecule has 0 saturated carbocycles. The summed E-state index contributed by atoms with van der Waals surface area (Å²) in [6, 6.07) is 0. The fourth-order valence-electron chi connectivity index (χ4n) is 0.158. The van der Waals surface area contributed by atoms with Crippen LogP contribution in [-0.4, -0.2) is 51.1 Å². The van der Waals surface area contributed by atoms with Crippen LogP contribution in [0, 0.1) is 0 Å². The van der Waals surface area contributed by atoms with E-state index in [0.717, 1.165) is 12.8 Å². The molecule has 0 heterocycles. The van der Waals surface area contributed by atoms with Gasteiger partial charge in [0.05, 0.1) is 0 Å². The van der Waals surface area contributed by atoms with Gasteiger partial charge < -0.3 is 19.5 Å². The molecule has 0 unspecified atom stereocenters. The van der Waals surface area contributed by atoms with Gasteiger partial charge in [-0.2, -0.15) is 0 Å². The zero-order valence-electron chi connectivity index (χ0n) is 15.9. The Bertz CT molecular complexity index is 139. The molecule has 0 aromatic heterocycles. The van der Waals surface area contributed by atoms with Crippen molar-refractivity contribution in [3.05, 3.63) is 0 Å². The summed E-state index contributed by atoms with van der Waals surface area (Å²) in [5.74, 6) is 0. The third kappa shape index (κ3) is 705. The Hall–Kier alpha value is 1.37. The van der Waals surface area contributed by atoms with Gasteiger partial charge in [-0.1, -0.05) is 13.3 Å². The summed E-state index contributed by atoms with van der Waals surface area (Å²) >= 11 is 0. The third-order valence-corrected chi connectivity index (χ3v) is 0.512. The molecular formula is C13H40O4Si3Zr. The van der Waals surface area contributed by atoms with Crippen molar-refractivity contribution in [3.63, 3.8) is 0 Å². The number of hydrogen-bond donors (Lipinski definition) is 4. The van der Waals surface area contributed by atoms with E-state index < -0.39 is 25.0 Å². The van der Waals surface area contributed by atoms with Crippen LogP contribution in [0.25, 0.3) is 0 Å². The molecule has 0 spiro atoms. The number of rotatable bonds is 2. The third-order valence-electron chi connectivity index (χ3n) is 0.512. The van der Waals surface area contributed by atoms with E-state index in [9.17, 15) is 0 Å². The van der Waals surface area contributed by atoms with E-state index in [0.29, 0.717) is 6.61 Å². The summed E-state index contributed by atoms with van der Waals surface area (Å²) in [7, 11) is -4.83. The van der Waals surface area contributed by atoms with Gasteiger partial charge in [0, 0.05) is 32.8 Å². The molecule has 0 amide bonds. The molecule has 0 aromatic carbocycles. The first-order valence-corrected chi connectivity index (χ1v) is 17.5. The van der Waals surface area contributed by atoms with Gasteiger partial charge in [0.1, 0.15) is 0 Å². The smallest absolute Gasteiger partial charge is 0.179 e. The first-order chi connectivity index (χ1) is 8.41. The number of hydrogen-bond acceptors (Lipinski definition) is 4. The van der Waals surface area contributed by atoms with E-state index in [1.807, 2.05) is 58.9 Å². The minimum absolute atomic E-state index is 0. The van der Waals surface area contributed by atoms with Crippen molar-refractivity contribution in [2.24, 2.45) is 0 Å². The molecule has 0 fully saturated rings. The van der Waals surface area contributed by atoms with Crippen molar-refractivity contribution in [1.82, 2.24) is 0 Å². The first kappa shape index (κ1) is 33.9. The minimum atomic E-state index is -1.61. The van der Waals surface area contributed by atoms with Crippen LogP contribution in [0.3, 0.4) is 0 Å². The van der Waals surface area contributed by atoms with Gasteiger partial charge in [0.25, 0.3) is 0 Å². The summed E-state index contributed by atoms with van der Waals surface area (Å²) < 4.78 is 0. The van der Waals surface area contributed by atoms with Crippen molar-refractivity contribution in [1.29, 1.82) is 0 Å². The van der Waals surface area contributed by atoms with Crippen LogP contribution in [0.1, 0.15) is 19.8 Å². The molecule has 0 aliphatic carbocycles. The van der Waals surface area contributed by atoms with Crippen LogP contribution in [-0.2, 0) is 26.2 Å². The monoisotopic (exact) mass is 434 g/mol. The maximum Gasteiger partial charge on any atom is 0.179 e. The van der Waals surface area contributed by atoms with Crippen molar-refractivity contribution in [2.45, 2.75) is 78.7 Å². The van der Waals surface area contributed by atoms with Crippen LogP contribution >= 0.6 is 0 Å². The molecule has 0 rings (SSSR count). The van der Waals surface area contributed by atoms with Crippen LogP contribution in [0.15, 0.2) is 0 Å². The van der Waals surface area contributed by atoms with Crippen LogP contribution in [0.5, 0.6) is 0 Å². The molecule has 0 atom stereocenters. The Labute approximate surface area is 155 Å². The van der Waals surface area contributed by atoms with Crippen molar-refractivity contribution >= 4 is 25.0 Å². The van der Waals surface area contributed by atoms with Crippen molar-refractivity contribution < 1.29 is 45.7 Å². The van der Waals surface area contributed by atoms with E-state index in [2.05, 4.69) is 6.92 Å². The maximum absolute atomic E-state index is 8.66. The zero-order valence-corrected chi connectivity index (χ0v) is 21.4. The van der Waals surface area contributed by atoms with E-state index >= 15 is 0 Å². The molecule has 0 aromatic rings. The summed E-state index contributed by atoms with van der Waals surface area (Å²) in [4.78, 5) is 26.0. The van der Waals surface area contributed by atoms with Crippen molar-refractivity contribution in [3.8, 4) is 0 Å². The van der Waals surface area contributed by atoms with Gasteiger partial charge in [-0.05, 0) is 65.3 Å². The van der Waals surface area contributed by atoms with Crippen molar-refractivity contribution in [2.75, 3.05) is 6.61 Å². The molecule has 0 radical (unpaired) electrons. The summed E-state index contributed by atoms with van der Waals surface area (Å²) in [6.45, 7) is 19.3. The second-order valence-electron chi connectivity index (χ2n) is 7.59. The molecule has 0 aliphatic rings. The zero-order chi connectivity index (χ0) is 17.6. The second kappa shape index (κ2) is 17.7. The summed E-state index contributed by atoms with van der Waals surface area (Å²) in [5, 5.41) is 8.07. The average Bonchev–Trinajstić information content (AvgIpc) is 1.94. The molecule has 21 heavy (non-hydrogen) atoms. The van der Waals surface area contributed by atoms with E-state index in [4.69, 9.17) is 19.5 Å². The topological polar surface area (TPSA) is 80.9 Å². The second-order valence-corrected chi connectivity index (χ2v) is 20.6. The minimum Gasteiger partial charge on any atom is -0.433 e. The number of aliphatic hydroxyl groups excluding tert-OH is 1. The van der Waals surface area contributed by atoms with Crippen LogP contribution < -0.4 is 0 Å². The fraction of sp³-hybridized carbons (Fsp3) is 1.00. The Morgan fingerprint density at radius 3 is 0.762 bits per heavy atom. The molecule has 132 valence electrons. The normalized spacial score (nSPS) is 10.6. The molecule has 4 N–H and O–H groups in total. The molecule has 0 saturated heterocycles. The Morgan fingerprint density at radius 1 is 0.619 bits per heavy atom. The van der Waals surface area contributed by atoms with E-state index in [1.165, 1.54) is 0 Å². The maximum atomic E-state index is 8.66. The van der Waals surface area contributed by atoms with Gasteiger partial charge in [0.15, 0.2) is 25.0 Å². The van der Waals surface area contributed by atoms with Crippen LogP contribution in [0.4, 0.5) is 0 Å². The molecule has 8 heteroatoms. The predicted octanol–water partition coefficient (Wildman–Crippen LogP) is 3.22. The van der Waals surface area contributed by atoms with E-state index in [1.54, 1.807) is 0 Å². The molecular weight excluding hydrogens is 396 g/mol. The Balaban J connectivity index is -0.0000000533. The van der Waals surface area contributed by atoms with E-state index in [-0.39, 0.29) is 26.2 Å². The number of unbranched alkanes of at least 4 members (excludes halogenated alkanes) is 1. The standard InChI is InChI=1S/C4H10O.3C3H10OSi.Zr/c1-2-3-4-5;3*1-5(2,3)4;/h5H,2-4H2,1H3;3*4H,1-3H3;. The Kier molecular flexibility index (Phi) is 28.6. The van der Waals surface area contributed by atoms with Gasteiger partial charge in [-0.15, -0.1) is 0 Å². The summed E-state index contributed by atoms with van der Waals surface area (Å²) in [6.07, 6.45) is 2.04. The molecule has 4 nitrogen and oxygen atoms in total. The number of aliphatic hydroxyl groups is 1. The van der Waals surface area contributed by atoms with Gasteiger partial charge in [0.2, 0.25) is 0 Å². The quantitative estimate of drug-likeness (QED) is 0.502. The molecule has 0 bridgehead atoms. The van der Waals surface area contributed by atoms with Crippen LogP contribution in [0.2, 0.25) is 58.9 Å². The SMILES string of the molecule is CCCCO.C[Si](C)(C)O.C[Si](C)(C)O.C[Si](C)(C)O.[Zr]. The fourth-order valence-corrected chi connectivity index (χ4v) is 0.158. The van der Waals surface area contributed by atoms with Gasteiger partial charge in [-0.3, -0.25) is 0 Å².